The number of aliphatic carboxylic acids is 1. The lowest BCUT2D eigenvalue weighted by molar-refractivity contribution is -0.726. The molecular formula is C15H15ClN2O9. The summed E-state index contributed by atoms with van der Waals surface area (Å²) in [5, 5.41) is 40.8. The fraction of sp³-hybridized carbons (Fsp3) is 0.333. The van der Waals surface area contributed by atoms with Gasteiger partial charge >= 0.3 is 17.7 Å². The zero-order valence-electron chi connectivity index (χ0n) is 14.1. The van der Waals surface area contributed by atoms with Crippen LogP contribution in [-0.2, 0) is 19.1 Å². The Morgan fingerprint density at radius 3 is 2.30 bits per heavy atom. The zero-order chi connectivity index (χ0) is 20.9. The molecule has 0 bridgehead atoms. The molecule has 0 aliphatic rings. The summed E-state index contributed by atoms with van der Waals surface area (Å²) in [6, 6.07) is 2.86. The Labute approximate surface area is 157 Å². The largest absolute Gasteiger partial charge is 0.473 e. The van der Waals surface area contributed by atoms with Gasteiger partial charge in [-0.2, -0.15) is 0 Å². The number of esters is 1. The maximum absolute atomic E-state index is 12.3. The number of halogens is 1. The van der Waals surface area contributed by atoms with Crippen LogP contribution in [0.25, 0.3) is 0 Å². The summed E-state index contributed by atoms with van der Waals surface area (Å²) in [5.74, 6) is -7.87. The van der Waals surface area contributed by atoms with E-state index in [1.54, 1.807) is 0 Å². The topological polar surface area (TPSA) is 170 Å². The van der Waals surface area contributed by atoms with E-state index in [9.17, 15) is 40.0 Å². The summed E-state index contributed by atoms with van der Waals surface area (Å²) in [5.41, 5.74) is -2.25. The number of hydrogen-bond acceptors (Lipinski definition) is 8. The third-order valence-corrected chi connectivity index (χ3v) is 3.90. The first-order chi connectivity index (χ1) is 12.5. The lowest BCUT2D eigenvalue weighted by Crippen LogP contribution is -2.40. The number of Topliss-reactive ketones (excluding diaryl/α,β-unsaturated/α-hetero) is 1. The highest BCUT2D eigenvalue weighted by molar-refractivity contribution is 6.38. The second-order valence-electron chi connectivity index (χ2n) is 5.24. The second-order valence-corrected chi connectivity index (χ2v) is 5.65. The molecule has 0 fully saturated rings. The van der Waals surface area contributed by atoms with E-state index in [-0.39, 0.29) is 17.2 Å². The molecular weight excluding hydrogens is 388 g/mol. The van der Waals surface area contributed by atoms with Crippen LogP contribution < -0.4 is 0 Å². The summed E-state index contributed by atoms with van der Waals surface area (Å²) < 4.78 is 4.75. The number of hydrogen-bond donors (Lipinski definition) is 2. The lowest BCUT2D eigenvalue weighted by Gasteiger charge is -2.22. The Morgan fingerprint density at radius 2 is 1.89 bits per heavy atom. The van der Waals surface area contributed by atoms with Crippen molar-refractivity contribution in [1.29, 1.82) is 0 Å². The zero-order valence-corrected chi connectivity index (χ0v) is 14.9. The minimum Gasteiger partial charge on any atom is -0.473 e. The Bertz CT molecular complexity index is 818. The molecule has 2 atom stereocenters. The minimum absolute atomic E-state index is 0.166. The normalized spacial score (nSPS) is 13.9. The molecule has 0 spiro atoms. The maximum Gasteiger partial charge on any atom is 0.403 e. The number of carboxylic acid groups (broad SMARTS) is 1. The average molecular weight is 403 g/mol. The van der Waals surface area contributed by atoms with Crippen LogP contribution in [0.5, 0.6) is 0 Å². The van der Waals surface area contributed by atoms with Crippen LogP contribution in [0.1, 0.15) is 25.3 Å². The van der Waals surface area contributed by atoms with Crippen LogP contribution in [-0.4, -0.2) is 50.2 Å². The summed E-state index contributed by atoms with van der Waals surface area (Å²) in [4.78, 5) is 45.0. The van der Waals surface area contributed by atoms with Crippen molar-refractivity contribution in [2.75, 3.05) is 6.61 Å². The van der Waals surface area contributed by atoms with E-state index in [0.717, 1.165) is 25.1 Å². The summed E-state index contributed by atoms with van der Waals surface area (Å²) in [7, 11) is 0. The fourth-order valence-electron chi connectivity index (χ4n) is 2.47. The summed E-state index contributed by atoms with van der Waals surface area (Å²) in [6.07, 6.45) is 0. The molecule has 0 saturated heterocycles. The van der Waals surface area contributed by atoms with E-state index in [2.05, 4.69) is 0 Å². The van der Waals surface area contributed by atoms with Crippen molar-refractivity contribution in [3.63, 3.8) is 0 Å². The molecule has 146 valence electrons. The van der Waals surface area contributed by atoms with Crippen molar-refractivity contribution in [3.8, 4) is 0 Å². The number of carbonyl (C=O) groups is 3. The third-order valence-electron chi connectivity index (χ3n) is 3.56. The molecule has 12 heteroatoms. The van der Waals surface area contributed by atoms with Gasteiger partial charge in [0.05, 0.1) is 11.5 Å². The van der Waals surface area contributed by atoms with E-state index in [4.69, 9.17) is 16.3 Å². The highest BCUT2D eigenvalue weighted by Gasteiger charge is 2.47. The van der Waals surface area contributed by atoms with Gasteiger partial charge in [-0.05, 0) is 25.5 Å². The molecule has 0 radical (unpaired) electrons. The predicted octanol–water partition coefficient (Wildman–Crippen LogP) is 1.53. The molecule has 0 heterocycles. The molecule has 0 saturated carbocycles. The van der Waals surface area contributed by atoms with Gasteiger partial charge in [0, 0.05) is 22.1 Å². The lowest BCUT2D eigenvalue weighted by atomic mass is 9.80. The minimum atomic E-state index is -1.96. The van der Waals surface area contributed by atoms with Crippen LogP contribution in [0, 0.1) is 21.2 Å². The van der Waals surface area contributed by atoms with Gasteiger partial charge in [-0.3, -0.25) is 24.9 Å². The molecule has 11 nitrogen and oxygen atoms in total. The van der Waals surface area contributed by atoms with Gasteiger partial charge in [0.1, 0.15) is 17.6 Å². The monoisotopic (exact) mass is 402 g/mol. The van der Waals surface area contributed by atoms with Crippen LogP contribution in [0.2, 0.25) is 5.02 Å². The first-order valence-electron chi connectivity index (χ1n) is 7.40. The van der Waals surface area contributed by atoms with Crippen molar-refractivity contribution in [3.05, 3.63) is 44.1 Å². The molecule has 2 unspecified atom stereocenters. The van der Waals surface area contributed by atoms with E-state index >= 15 is 0 Å². The predicted molar refractivity (Wildman–Crippen MR) is 89.7 cm³/mol. The van der Waals surface area contributed by atoms with Crippen LogP contribution in [0.4, 0.5) is 5.69 Å². The van der Waals surface area contributed by atoms with Crippen LogP contribution in [0.3, 0.4) is 0 Å². The second kappa shape index (κ2) is 8.94. The first kappa shape index (κ1) is 21.8. The van der Waals surface area contributed by atoms with Crippen molar-refractivity contribution in [1.82, 2.24) is 0 Å². The molecule has 2 N–H and O–H groups in total. The number of carboxylic acids is 1. The Hall–Kier alpha value is -3.21. The molecule has 1 aromatic carbocycles. The quantitative estimate of drug-likeness (QED) is 0.124. The maximum atomic E-state index is 12.3. The molecule has 27 heavy (non-hydrogen) atoms. The van der Waals surface area contributed by atoms with Crippen molar-refractivity contribution in [2.45, 2.75) is 19.8 Å². The van der Waals surface area contributed by atoms with Crippen LogP contribution >= 0.6 is 11.6 Å². The SMILES string of the molecule is CCOC(=O)C(C(C)=O)C(C(C(=O)O)=[N+]([O-])O)c1cc([N+](=O)[O-])ccc1Cl. The molecule has 0 amide bonds. The van der Waals surface area contributed by atoms with Gasteiger partial charge in [0.25, 0.3) is 5.69 Å². The van der Waals surface area contributed by atoms with Crippen molar-refractivity contribution >= 4 is 40.7 Å². The molecule has 0 aliphatic carbocycles. The molecule has 0 aliphatic heterocycles. The van der Waals surface area contributed by atoms with E-state index < -0.39 is 50.8 Å². The van der Waals surface area contributed by atoms with E-state index in [0.29, 0.717) is 0 Å². The van der Waals surface area contributed by atoms with E-state index in [1.807, 2.05) is 0 Å². The van der Waals surface area contributed by atoms with Gasteiger partial charge < -0.3 is 15.1 Å². The van der Waals surface area contributed by atoms with Crippen molar-refractivity contribution < 1.29 is 39.3 Å². The average Bonchev–Trinajstić information content (AvgIpc) is 2.53. The number of benzene rings is 1. The van der Waals surface area contributed by atoms with Gasteiger partial charge in [0.2, 0.25) is 0 Å². The number of ketones is 1. The third kappa shape index (κ3) is 4.91. The van der Waals surface area contributed by atoms with Gasteiger partial charge in [0.15, 0.2) is 0 Å². The summed E-state index contributed by atoms with van der Waals surface area (Å²) >= 11 is 5.99. The fourth-order valence-corrected chi connectivity index (χ4v) is 2.71. The highest BCUT2D eigenvalue weighted by atomic mass is 35.5. The van der Waals surface area contributed by atoms with Crippen molar-refractivity contribution in [2.24, 2.45) is 5.92 Å². The number of ether oxygens (including phenoxy) is 1. The number of nitro benzene ring substituents is 1. The first-order valence-corrected chi connectivity index (χ1v) is 7.77. The van der Waals surface area contributed by atoms with Gasteiger partial charge in [-0.15, -0.1) is 0 Å². The smallest absolute Gasteiger partial charge is 0.403 e. The molecule has 1 rings (SSSR count). The Balaban J connectivity index is 3.85. The highest BCUT2D eigenvalue weighted by Crippen LogP contribution is 2.35. The number of nitrogens with zero attached hydrogens (tertiary/aromatic N) is 2. The molecule has 1 aromatic rings. The number of rotatable bonds is 8. The van der Waals surface area contributed by atoms with Gasteiger partial charge in [-0.1, -0.05) is 11.6 Å². The number of nitro groups is 1. The Morgan fingerprint density at radius 1 is 1.30 bits per heavy atom. The Kier molecular flexibility index (Phi) is 7.23. The standard InChI is InChI=1S/C15H15ClN2O9/c1-3-27-15(22)11(7(2)19)12(13(14(20)21)18(25)26)9-6-8(17(23)24)4-5-10(9)16/h4-6,11-12H,3H2,1-2H3,(H,20,21)(H,25,26). The number of carbonyl (C=O) groups excluding carboxylic acids is 2. The van der Waals surface area contributed by atoms with E-state index in [1.165, 1.54) is 6.92 Å². The van der Waals surface area contributed by atoms with Crippen LogP contribution in [0.15, 0.2) is 18.2 Å². The van der Waals surface area contributed by atoms with Gasteiger partial charge in [-0.25, -0.2) is 4.79 Å². The summed E-state index contributed by atoms with van der Waals surface area (Å²) in [6.45, 7) is 2.20. The molecule has 0 aromatic heterocycles. The number of non-ortho nitro benzene ring substituents is 1.